The molecule has 2 aliphatic heterocycles. The number of fused-ring (bicyclic) bond motifs is 2. The minimum Gasteiger partial charge on any atom is -0.481 e. The van der Waals surface area contributed by atoms with E-state index < -0.39 is 5.97 Å². The summed E-state index contributed by atoms with van der Waals surface area (Å²) in [6.07, 6.45) is 4.03. The van der Waals surface area contributed by atoms with Crippen LogP contribution in [0.4, 0.5) is 0 Å². The second-order valence-corrected chi connectivity index (χ2v) is 6.00. The van der Waals surface area contributed by atoms with E-state index in [-0.39, 0.29) is 24.2 Å². The highest BCUT2D eigenvalue weighted by atomic mass is 35.5. The van der Waals surface area contributed by atoms with Crippen molar-refractivity contribution in [1.82, 2.24) is 4.90 Å². The van der Waals surface area contributed by atoms with Crippen molar-refractivity contribution < 1.29 is 9.90 Å². The monoisotopic (exact) mass is 295 g/mol. The van der Waals surface area contributed by atoms with Crippen molar-refractivity contribution in [3.63, 3.8) is 0 Å². The zero-order chi connectivity index (χ0) is 13.4. The number of aliphatic carboxylic acids is 1. The summed E-state index contributed by atoms with van der Waals surface area (Å²) >= 11 is 0. The molecule has 0 amide bonds. The minimum absolute atomic E-state index is 0. The van der Waals surface area contributed by atoms with Gasteiger partial charge >= 0.3 is 5.97 Å². The van der Waals surface area contributed by atoms with Gasteiger partial charge in [-0.3, -0.25) is 4.79 Å². The van der Waals surface area contributed by atoms with Crippen LogP contribution in [0.3, 0.4) is 0 Å². The van der Waals surface area contributed by atoms with Crippen molar-refractivity contribution in [2.75, 3.05) is 7.05 Å². The summed E-state index contributed by atoms with van der Waals surface area (Å²) in [5.74, 6) is -0.525. The van der Waals surface area contributed by atoms with Crippen molar-refractivity contribution in [1.29, 1.82) is 0 Å². The van der Waals surface area contributed by atoms with E-state index in [4.69, 9.17) is 0 Å². The molecule has 4 atom stereocenters. The lowest BCUT2D eigenvalue weighted by Crippen LogP contribution is -2.49. The first-order valence-corrected chi connectivity index (χ1v) is 7.15. The van der Waals surface area contributed by atoms with Crippen LogP contribution >= 0.6 is 12.4 Å². The number of nitrogens with zero attached hydrogens (tertiary/aromatic N) is 1. The molecule has 0 radical (unpaired) electrons. The van der Waals surface area contributed by atoms with Gasteiger partial charge in [0.15, 0.2) is 0 Å². The predicted molar refractivity (Wildman–Crippen MR) is 81.2 cm³/mol. The Morgan fingerprint density at radius 3 is 2.65 bits per heavy atom. The molecule has 2 aliphatic rings. The fourth-order valence-electron chi connectivity index (χ4n) is 4.03. The molecule has 1 aromatic carbocycles. The summed E-state index contributed by atoms with van der Waals surface area (Å²) in [5, 5.41) is 9.52. The molecule has 2 fully saturated rings. The molecular formula is C16H22ClNO2. The van der Waals surface area contributed by atoms with Gasteiger partial charge < -0.3 is 10.0 Å². The SMILES string of the molecule is CN1C2CCC1C(Cc1ccccc1)C(C(=O)O)C2.Cl. The summed E-state index contributed by atoms with van der Waals surface area (Å²) in [7, 11) is 2.17. The number of carboxylic acids is 1. The highest BCUT2D eigenvalue weighted by Gasteiger charge is 2.47. The van der Waals surface area contributed by atoms with Crippen LogP contribution in [-0.4, -0.2) is 35.1 Å². The largest absolute Gasteiger partial charge is 0.481 e. The Hall–Kier alpha value is -1.06. The van der Waals surface area contributed by atoms with Gasteiger partial charge in [0.2, 0.25) is 0 Å². The third-order valence-electron chi connectivity index (χ3n) is 5.06. The molecule has 1 aromatic rings. The smallest absolute Gasteiger partial charge is 0.306 e. The summed E-state index contributed by atoms with van der Waals surface area (Å²) in [4.78, 5) is 14.0. The van der Waals surface area contributed by atoms with Crippen molar-refractivity contribution in [3.05, 3.63) is 35.9 Å². The number of halogens is 1. The van der Waals surface area contributed by atoms with E-state index in [2.05, 4.69) is 24.1 Å². The van der Waals surface area contributed by atoms with Crippen LogP contribution in [0.1, 0.15) is 24.8 Å². The molecular weight excluding hydrogens is 274 g/mol. The molecule has 0 spiro atoms. The molecule has 110 valence electrons. The van der Waals surface area contributed by atoms with Crippen LogP contribution in [0, 0.1) is 11.8 Å². The first-order chi connectivity index (χ1) is 9.16. The molecule has 0 aliphatic carbocycles. The highest BCUT2D eigenvalue weighted by molar-refractivity contribution is 5.85. The van der Waals surface area contributed by atoms with Crippen LogP contribution in [0.2, 0.25) is 0 Å². The maximum Gasteiger partial charge on any atom is 0.306 e. The Morgan fingerprint density at radius 2 is 2.00 bits per heavy atom. The first kappa shape index (κ1) is 15.3. The van der Waals surface area contributed by atoms with Crippen LogP contribution in [0.15, 0.2) is 30.3 Å². The number of benzene rings is 1. The van der Waals surface area contributed by atoms with E-state index in [0.29, 0.717) is 12.1 Å². The lowest BCUT2D eigenvalue weighted by Gasteiger charge is -2.41. The summed E-state index contributed by atoms with van der Waals surface area (Å²) < 4.78 is 0. The fourth-order valence-corrected chi connectivity index (χ4v) is 4.03. The summed E-state index contributed by atoms with van der Waals surface area (Å²) in [5.41, 5.74) is 1.26. The highest BCUT2D eigenvalue weighted by Crippen LogP contribution is 2.42. The molecule has 2 heterocycles. The minimum atomic E-state index is -0.606. The zero-order valence-electron chi connectivity index (χ0n) is 11.7. The predicted octanol–water partition coefficient (Wildman–Crippen LogP) is 2.83. The molecule has 3 nitrogen and oxygen atoms in total. The fraction of sp³-hybridized carbons (Fsp3) is 0.562. The Morgan fingerprint density at radius 1 is 1.30 bits per heavy atom. The molecule has 2 bridgehead atoms. The van der Waals surface area contributed by atoms with Crippen LogP contribution in [-0.2, 0) is 11.2 Å². The van der Waals surface area contributed by atoms with Crippen molar-refractivity contribution in [2.45, 2.75) is 37.8 Å². The van der Waals surface area contributed by atoms with E-state index in [9.17, 15) is 9.90 Å². The van der Waals surface area contributed by atoms with Crippen LogP contribution in [0.25, 0.3) is 0 Å². The van der Waals surface area contributed by atoms with Crippen molar-refractivity contribution in [2.24, 2.45) is 11.8 Å². The quantitative estimate of drug-likeness (QED) is 0.932. The molecule has 0 aromatic heterocycles. The van der Waals surface area contributed by atoms with Crippen molar-refractivity contribution >= 4 is 18.4 Å². The second kappa shape index (κ2) is 6.15. The van der Waals surface area contributed by atoms with Gasteiger partial charge in [-0.1, -0.05) is 30.3 Å². The lowest BCUT2D eigenvalue weighted by molar-refractivity contribution is -0.147. The average Bonchev–Trinajstić information content (AvgIpc) is 2.65. The Bertz CT molecular complexity index is 465. The van der Waals surface area contributed by atoms with Crippen molar-refractivity contribution in [3.8, 4) is 0 Å². The second-order valence-electron chi connectivity index (χ2n) is 6.00. The Balaban J connectivity index is 0.00000147. The van der Waals surface area contributed by atoms with Gasteiger partial charge in [-0.15, -0.1) is 12.4 Å². The van der Waals surface area contributed by atoms with E-state index in [0.717, 1.165) is 25.7 Å². The number of hydrogen-bond acceptors (Lipinski definition) is 2. The zero-order valence-corrected chi connectivity index (χ0v) is 12.6. The summed E-state index contributed by atoms with van der Waals surface area (Å²) in [6.45, 7) is 0. The van der Waals surface area contributed by atoms with Gasteiger partial charge in [-0.25, -0.2) is 0 Å². The van der Waals surface area contributed by atoms with E-state index in [1.165, 1.54) is 5.56 Å². The molecule has 4 unspecified atom stereocenters. The summed E-state index contributed by atoms with van der Waals surface area (Å²) in [6, 6.07) is 11.2. The van der Waals surface area contributed by atoms with E-state index >= 15 is 0 Å². The molecule has 2 saturated heterocycles. The van der Waals surface area contributed by atoms with Gasteiger partial charge in [-0.05, 0) is 44.2 Å². The maximum atomic E-state index is 11.6. The third kappa shape index (κ3) is 2.70. The lowest BCUT2D eigenvalue weighted by atomic mass is 9.77. The number of hydrogen-bond donors (Lipinski definition) is 1. The number of piperidine rings is 1. The normalized spacial score (nSPS) is 32.6. The van der Waals surface area contributed by atoms with Crippen LogP contribution < -0.4 is 0 Å². The molecule has 0 saturated carbocycles. The van der Waals surface area contributed by atoms with Crippen LogP contribution in [0.5, 0.6) is 0 Å². The average molecular weight is 296 g/mol. The van der Waals surface area contributed by atoms with E-state index in [1.54, 1.807) is 0 Å². The Labute approximate surface area is 126 Å². The van der Waals surface area contributed by atoms with Gasteiger partial charge in [0.05, 0.1) is 5.92 Å². The number of rotatable bonds is 3. The van der Waals surface area contributed by atoms with Gasteiger partial charge in [0.1, 0.15) is 0 Å². The Kier molecular flexibility index (Phi) is 4.71. The third-order valence-corrected chi connectivity index (χ3v) is 5.06. The standard InChI is InChI=1S/C16H21NO2.ClH/c1-17-12-7-8-15(17)13(14(10-12)16(18)19)9-11-5-3-2-4-6-11;/h2-6,12-15H,7-10H2,1H3,(H,18,19);1H. The number of carboxylic acid groups (broad SMARTS) is 1. The molecule has 4 heteroatoms. The van der Waals surface area contributed by atoms with Gasteiger partial charge in [-0.2, -0.15) is 0 Å². The van der Waals surface area contributed by atoms with Gasteiger partial charge in [0.25, 0.3) is 0 Å². The first-order valence-electron chi connectivity index (χ1n) is 7.15. The topological polar surface area (TPSA) is 40.5 Å². The van der Waals surface area contributed by atoms with Gasteiger partial charge in [0, 0.05) is 12.1 Å². The number of carbonyl (C=O) groups is 1. The molecule has 3 rings (SSSR count). The van der Waals surface area contributed by atoms with E-state index in [1.807, 2.05) is 18.2 Å². The molecule has 1 N–H and O–H groups in total. The maximum absolute atomic E-state index is 11.6. The molecule has 20 heavy (non-hydrogen) atoms.